The van der Waals surface area contributed by atoms with Crippen LogP contribution < -0.4 is 5.14 Å². The molecule has 0 atom stereocenters. The molecule has 0 radical (unpaired) electrons. The third-order valence-corrected chi connectivity index (χ3v) is 2.34. The number of hydrogen-bond acceptors (Lipinski definition) is 5. The normalized spacial score (nSPS) is 11.3. The first-order chi connectivity index (χ1) is 6.79. The van der Waals surface area contributed by atoms with Crippen LogP contribution in [0.1, 0.15) is 5.56 Å². The standard InChI is InChI=1S/C7H8N2O5S/c8-15(13,14)4-5-3-6(9(11)12)1-2-7(5)10/h1-3,10H,4H2,(H2,8,13,14). The summed E-state index contributed by atoms with van der Waals surface area (Å²) < 4.78 is 21.5. The SMILES string of the molecule is NS(=O)(=O)Cc1cc([N+](=O)[O-])ccc1O. The molecule has 0 saturated heterocycles. The second kappa shape index (κ2) is 3.83. The van der Waals surface area contributed by atoms with Crippen molar-refractivity contribution in [2.24, 2.45) is 5.14 Å². The van der Waals surface area contributed by atoms with Crippen molar-refractivity contribution < 1.29 is 18.4 Å². The van der Waals surface area contributed by atoms with Gasteiger partial charge in [-0.1, -0.05) is 0 Å². The lowest BCUT2D eigenvalue weighted by Crippen LogP contribution is -2.14. The molecule has 0 aliphatic heterocycles. The van der Waals surface area contributed by atoms with Crippen LogP contribution in [0, 0.1) is 10.1 Å². The van der Waals surface area contributed by atoms with Gasteiger partial charge < -0.3 is 5.11 Å². The first kappa shape index (κ1) is 11.4. The van der Waals surface area contributed by atoms with E-state index in [0.717, 1.165) is 18.2 Å². The van der Waals surface area contributed by atoms with Crippen molar-refractivity contribution in [2.45, 2.75) is 5.75 Å². The molecule has 0 spiro atoms. The third kappa shape index (κ3) is 3.18. The fraction of sp³-hybridized carbons (Fsp3) is 0.143. The maximum atomic E-state index is 10.7. The lowest BCUT2D eigenvalue weighted by atomic mass is 10.2. The van der Waals surface area contributed by atoms with Gasteiger partial charge in [0.2, 0.25) is 10.0 Å². The Labute approximate surface area is 85.3 Å². The minimum absolute atomic E-state index is 0.0910. The molecular weight excluding hydrogens is 224 g/mol. The van der Waals surface area contributed by atoms with Crippen molar-refractivity contribution in [3.63, 3.8) is 0 Å². The summed E-state index contributed by atoms with van der Waals surface area (Å²) in [7, 11) is -3.82. The van der Waals surface area contributed by atoms with Gasteiger partial charge in [0.15, 0.2) is 0 Å². The monoisotopic (exact) mass is 232 g/mol. The highest BCUT2D eigenvalue weighted by Crippen LogP contribution is 2.23. The highest BCUT2D eigenvalue weighted by molar-refractivity contribution is 7.88. The molecule has 0 amide bonds. The van der Waals surface area contributed by atoms with Crippen molar-refractivity contribution in [2.75, 3.05) is 0 Å². The Morgan fingerprint density at radius 2 is 2.07 bits per heavy atom. The maximum absolute atomic E-state index is 10.7. The van der Waals surface area contributed by atoms with Crippen LogP contribution in [-0.4, -0.2) is 18.4 Å². The predicted molar refractivity (Wildman–Crippen MR) is 51.6 cm³/mol. The molecule has 0 saturated carbocycles. The van der Waals surface area contributed by atoms with E-state index in [1.807, 2.05) is 0 Å². The van der Waals surface area contributed by atoms with E-state index in [0.29, 0.717) is 0 Å². The Morgan fingerprint density at radius 1 is 1.47 bits per heavy atom. The van der Waals surface area contributed by atoms with Crippen LogP contribution in [0.3, 0.4) is 0 Å². The number of phenolic OH excluding ortho intramolecular Hbond substituents is 1. The van der Waals surface area contributed by atoms with E-state index in [4.69, 9.17) is 5.14 Å². The summed E-state index contributed by atoms with van der Waals surface area (Å²) in [6.45, 7) is 0. The van der Waals surface area contributed by atoms with Crippen LogP contribution in [0.2, 0.25) is 0 Å². The smallest absolute Gasteiger partial charge is 0.270 e. The van der Waals surface area contributed by atoms with Crippen LogP contribution in [0.15, 0.2) is 18.2 Å². The topological polar surface area (TPSA) is 124 Å². The number of nitro groups is 1. The molecule has 0 heterocycles. The number of rotatable bonds is 3. The van der Waals surface area contributed by atoms with Crippen molar-refractivity contribution in [3.8, 4) is 5.75 Å². The minimum Gasteiger partial charge on any atom is -0.508 e. The summed E-state index contributed by atoms with van der Waals surface area (Å²) in [4.78, 5) is 9.68. The molecule has 7 nitrogen and oxygen atoms in total. The fourth-order valence-electron chi connectivity index (χ4n) is 1.02. The van der Waals surface area contributed by atoms with Gasteiger partial charge in [0.1, 0.15) is 5.75 Å². The molecule has 0 aliphatic rings. The average Bonchev–Trinajstić information content (AvgIpc) is 2.06. The summed E-state index contributed by atoms with van der Waals surface area (Å²) in [5, 5.41) is 24.4. The van der Waals surface area contributed by atoms with Crippen LogP contribution in [0.4, 0.5) is 5.69 Å². The third-order valence-electron chi connectivity index (χ3n) is 1.63. The molecule has 0 unspecified atom stereocenters. The quantitative estimate of drug-likeness (QED) is 0.564. The van der Waals surface area contributed by atoms with Crippen LogP contribution >= 0.6 is 0 Å². The zero-order valence-corrected chi connectivity index (χ0v) is 8.27. The number of non-ortho nitro benzene ring substituents is 1. The van der Waals surface area contributed by atoms with E-state index >= 15 is 0 Å². The molecule has 1 aromatic carbocycles. The van der Waals surface area contributed by atoms with Gasteiger partial charge in [0.05, 0.1) is 10.7 Å². The predicted octanol–water partition coefficient (Wildman–Crippen LogP) is 0.0889. The van der Waals surface area contributed by atoms with Gasteiger partial charge in [-0.25, -0.2) is 13.6 Å². The highest BCUT2D eigenvalue weighted by atomic mass is 32.2. The maximum Gasteiger partial charge on any atom is 0.270 e. The van der Waals surface area contributed by atoms with Gasteiger partial charge in [0.25, 0.3) is 5.69 Å². The molecule has 3 N–H and O–H groups in total. The average molecular weight is 232 g/mol. The lowest BCUT2D eigenvalue weighted by molar-refractivity contribution is -0.384. The summed E-state index contributed by atoms with van der Waals surface area (Å²) in [5.74, 6) is -0.977. The summed E-state index contributed by atoms with van der Waals surface area (Å²) in [6, 6.07) is 3.10. The molecule has 1 rings (SSSR count). The van der Waals surface area contributed by atoms with E-state index < -0.39 is 20.7 Å². The first-order valence-corrected chi connectivity index (χ1v) is 5.48. The van der Waals surface area contributed by atoms with E-state index in [2.05, 4.69) is 0 Å². The fourth-order valence-corrected chi connectivity index (χ4v) is 1.68. The van der Waals surface area contributed by atoms with Gasteiger partial charge in [-0.2, -0.15) is 0 Å². The Morgan fingerprint density at radius 3 is 2.53 bits per heavy atom. The van der Waals surface area contributed by atoms with Crippen molar-refractivity contribution in [1.82, 2.24) is 0 Å². The van der Waals surface area contributed by atoms with E-state index in [1.165, 1.54) is 0 Å². The molecular formula is C7H8N2O5S. The summed E-state index contributed by atoms with van der Waals surface area (Å²) >= 11 is 0. The number of aromatic hydroxyl groups is 1. The van der Waals surface area contributed by atoms with Crippen LogP contribution in [0.25, 0.3) is 0 Å². The number of benzene rings is 1. The number of hydrogen-bond donors (Lipinski definition) is 2. The van der Waals surface area contributed by atoms with Crippen molar-refractivity contribution >= 4 is 15.7 Å². The summed E-state index contributed by atoms with van der Waals surface area (Å²) in [6.07, 6.45) is 0. The Hall–Kier alpha value is -1.67. The second-order valence-electron chi connectivity index (χ2n) is 2.88. The Bertz CT molecular complexity index is 496. The van der Waals surface area contributed by atoms with Crippen LogP contribution in [-0.2, 0) is 15.8 Å². The Kier molecular flexibility index (Phi) is 2.91. The molecule has 15 heavy (non-hydrogen) atoms. The van der Waals surface area contributed by atoms with Gasteiger partial charge in [0, 0.05) is 17.7 Å². The number of sulfonamides is 1. The van der Waals surface area contributed by atoms with Crippen molar-refractivity contribution in [1.29, 1.82) is 0 Å². The number of nitrogens with two attached hydrogens (primary N) is 1. The molecule has 0 fully saturated rings. The van der Waals surface area contributed by atoms with Crippen molar-refractivity contribution in [3.05, 3.63) is 33.9 Å². The highest BCUT2D eigenvalue weighted by Gasteiger charge is 2.14. The Balaban J connectivity index is 3.17. The summed E-state index contributed by atoms with van der Waals surface area (Å²) in [5.41, 5.74) is -0.391. The first-order valence-electron chi connectivity index (χ1n) is 3.76. The number of phenols is 1. The van der Waals surface area contributed by atoms with E-state index in [9.17, 15) is 23.6 Å². The number of nitro benzene ring substituents is 1. The zero-order valence-electron chi connectivity index (χ0n) is 7.45. The van der Waals surface area contributed by atoms with Crippen LogP contribution in [0.5, 0.6) is 5.75 Å². The van der Waals surface area contributed by atoms with Gasteiger partial charge in [-0.3, -0.25) is 10.1 Å². The molecule has 0 bridgehead atoms. The molecule has 0 aliphatic carbocycles. The number of nitrogens with zero attached hydrogens (tertiary/aromatic N) is 1. The molecule has 82 valence electrons. The lowest BCUT2D eigenvalue weighted by Gasteiger charge is -2.02. The molecule has 0 aromatic heterocycles. The van der Waals surface area contributed by atoms with E-state index in [1.54, 1.807) is 0 Å². The zero-order chi connectivity index (χ0) is 11.6. The van der Waals surface area contributed by atoms with E-state index in [-0.39, 0.29) is 17.0 Å². The molecule has 8 heteroatoms. The van der Waals surface area contributed by atoms with Gasteiger partial charge >= 0.3 is 0 Å². The van der Waals surface area contributed by atoms with Gasteiger partial charge in [-0.15, -0.1) is 0 Å². The largest absolute Gasteiger partial charge is 0.508 e. The minimum atomic E-state index is -3.82. The molecule has 1 aromatic rings. The number of primary sulfonamides is 1. The second-order valence-corrected chi connectivity index (χ2v) is 4.49. The van der Waals surface area contributed by atoms with Gasteiger partial charge in [-0.05, 0) is 6.07 Å².